The largest absolute Gasteiger partial charge is 0.405 e. The minimum Gasteiger partial charge on any atom is -0.405 e. The van der Waals surface area contributed by atoms with Crippen LogP contribution in [-0.2, 0) is 0 Å². The lowest BCUT2D eigenvalue weighted by Crippen LogP contribution is -2.40. The first kappa shape index (κ1) is 44.6. The van der Waals surface area contributed by atoms with Gasteiger partial charge in [0.25, 0.3) is 0 Å². The summed E-state index contributed by atoms with van der Waals surface area (Å²) in [6, 6.07) is 0. The fraction of sp³-hybridized carbons (Fsp3) is 0.767. The summed E-state index contributed by atoms with van der Waals surface area (Å²) in [4.78, 5) is 4.57. The van der Waals surface area contributed by atoms with Gasteiger partial charge in [0.2, 0.25) is 0 Å². The number of hydrogen-bond donors (Lipinski definition) is 1. The molecule has 4 atom stereocenters. The summed E-state index contributed by atoms with van der Waals surface area (Å²) in [5.74, 6) is 4.76. The van der Waals surface area contributed by atoms with Crippen LogP contribution in [0.15, 0.2) is 57.8 Å². The quantitative estimate of drug-likeness (QED) is 0.227. The van der Waals surface area contributed by atoms with Crippen LogP contribution in [0.2, 0.25) is 0 Å². The van der Waals surface area contributed by atoms with E-state index in [-0.39, 0.29) is 0 Å². The molecule has 46 heavy (non-hydrogen) atoms. The Balaban J connectivity index is 0.00000182. The van der Waals surface area contributed by atoms with Crippen molar-refractivity contribution < 1.29 is 0 Å². The second-order valence-electron chi connectivity index (χ2n) is 13.4. The van der Waals surface area contributed by atoms with Gasteiger partial charge in [-0.3, -0.25) is 0 Å². The van der Waals surface area contributed by atoms with Gasteiger partial charge in [0.05, 0.1) is 0 Å². The molecular weight excluding hydrogens is 577 g/mol. The third-order valence-electron chi connectivity index (χ3n) is 9.87. The molecule has 0 spiro atoms. The molecule has 1 heterocycles. The highest BCUT2D eigenvalue weighted by Gasteiger charge is 2.35. The maximum Gasteiger partial charge on any atom is 0.0366 e. The highest BCUT2D eigenvalue weighted by Crippen LogP contribution is 2.44. The smallest absolute Gasteiger partial charge is 0.0366 e. The average Bonchev–Trinajstić information content (AvgIpc) is 3.23. The van der Waals surface area contributed by atoms with Gasteiger partial charge in [0, 0.05) is 18.8 Å². The van der Waals surface area contributed by atoms with Crippen molar-refractivity contribution in [2.75, 3.05) is 18.8 Å². The van der Waals surface area contributed by atoms with E-state index in [9.17, 15) is 0 Å². The van der Waals surface area contributed by atoms with Gasteiger partial charge in [-0.15, -0.1) is 11.8 Å². The number of rotatable bonds is 12. The molecule has 0 aromatic heterocycles. The van der Waals surface area contributed by atoms with Crippen molar-refractivity contribution in [2.45, 2.75) is 172 Å². The molecule has 4 aliphatic rings. The Hall–Kier alpha value is -1.35. The zero-order valence-corrected chi connectivity index (χ0v) is 33.7. The van der Waals surface area contributed by atoms with E-state index in [0.29, 0.717) is 0 Å². The molecule has 1 fully saturated rings. The van der Waals surface area contributed by atoms with Gasteiger partial charge in [0.15, 0.2) is 0 Å². The standard InChI is InChI=1S/C34H55NS.C3H8.C2H5N.2C2H6/c1-6-10-29-21-26(5)13-20-33(29)31-17-15-28-18-19-32(36-8-3)22-34(28)35(24-31)23-30-16-14-27(30)12-9-11-25(4)7-2;1-3-2;1-2-3;2*1-2/h21-22,25,27,30-31H,6-20,23-24H2,1-5H3;3H2,1-2H3;2H,1,3H2;2*1-2H3. The van der Waals surface area contributed by atoms with Gasteiger partial charge >= 0.3 is 0 Å². The fourth-order valence-corrected chi connectivity index (χ4v) is 8.07. The molecule has 0 aromatic carbocycles. The van der Waals surface area contributed by atoms with Crippen LogP contribution < -0.4 is 5.73 Å². The van der Waals surface area contributed by atoms with Crippen molar-refractivity contribution in [2.24, 2.45) is 29.4 Å². The monoisotopic (exact) mass is 657 g/mol. The van der Waals surface area contributed by atoms with Crippen molar-refractivity contribution in [3.05, 3.63) is 57.8 Å². The maximum atomic E-state index is 4.61. The van der Waals surface area contributed by atoms with Crippen LogP contribution >= 0.6 is 11.8 Å². The SMILES string of the molecule is C=CN.CC.CC.CCC.CCCC1=C(C2CCC3=C(C=C(SCC)CC3)N(CC3CCC3CCCC(C)CC)C2)CCC(C)=C1. The van der Waals surface area contributed by atoms with Gasteiger partial charge in [-0.25, -0.2) is 0 Å². The van der Waals surface area contributed by atoms with Crippen molar-refractivity contribution in [1.82, 2.24) is 4.90 Å². The average molecular weight is 657 g/mol. The summed E-state index contributed by atoms with van der Waals surface area (Å²) in [6.45, 7) is 29.8. The topological polar surface area (TPSA) is 29.3 Å². The van der Waals surface area contributed by atoms with Crippen LogP contribution in [0.3, 0.4) is 0 Å². The van der Waals surface area contributed by atoms with Crippen LogP contribution in [0.25, 0.3) is 0 Å². The molecule has 4 rings (SSSR count). The fourth-order valence-electron chi connectivity index (χ4n) is 7.25. The first-order valence-corrected chi connectivity index (χ1v) is 20.9. The third kappa shape index (κ3) is 15.7. The predicted molar refractivity (Wildman–Crippen MR) is 214 cm³/mol. The lowest BCUT2D eigenvalue weighted by Gasteiger charge is -2.43. The lowest BCUT2D eigenvalue weighted by molar-refractivity contribution is 0.111. The van der Waals surface area contributed by atoms with Crippen molar-refractivity contribution in [1.29, 1.82) is 0 Å². The first-order valence-electron chi connectivity index (χ1n) is 19.9. The predicted octanol–water partition coefficient (Wildman–Crippen LogP) is 14.0. The number of nitrogens with two attached hydrogens (primary N) is 1. The van der Waals surface area contributed by atoms with Crippen molar-refractivity contribution in [3.63, 3.8) is 0 Å². The Morgan fingerprint density at radius 2 is 1.59 bits per heavy atom. The van der Waals surface area contributed by atoms with Crippen LogP contribution in [0.5, 0.6) is 0 Å². The Morgan fingerprint density at radius 3 is 2.15 bits per heavy atom. The van der Waals surface area contributed by atoms with E-state index in [0.717, 1.165) is 23.7 Å². The second kappa shape index (κ2) is 27.6. The Kier molecular flexibility index (Phi) is 26.8. The van der Waals surface area contributed by atoms with E-state index in [2.05, 4.69) is 89.6 Å². The molecule has 3 aliphatic carbocycles. The summed E-state index contributed by atoms with van der Waals surface area (Å²) >= 11 is 2.09. The third-order valence-corrected chi connectivity index (χ3v) is 10.9. The van der Waals surface area contributed by atoms with Gasteiger partial charge in [-0.1, -0.05) is 132 Å². The summed E-state index contributed by atoms with van der Waals surface area (Å²) in [5.41, 5.74) is 13.2. The highest BCUT2D eigenvalue weighted by molar-refractivity contribution is 8.03. The van der Waals surface area contributed by atoms with Gasteiger partial charge < -0.3 is 10.6 Å². The molecule has 0 saturated heterocycles. The summed E-state index contributed by atoms with van der Waals surface area (Å²) in [5, 5.41) is 0. The molecule has 4 unspecified atom stereocenters. The van der Waals surface area contributed by atoms with Crippen LogP contribution in [0.1, 0.15) is 172 Å². The van der Waals surface area contributed by atoms with Gasteiger partial charge in [0.1, 0.15) is 0 Å². The Labute approximate surface area is 294 Å². The second-order valence-corrected chi connectivity index (χ2v) is 14.8. The normalized spacial score (nSPS) is 22.7. The molecule has 3 heteroatoms. The van der Waals surface area contributed by atoms with E-state index in [1.54, 1.807) is 27.3 Å². The zero-order valence-electron chi connectivity index (χ0n) is 32.9. The van der Waals surface area contributed by atoms with E-state index in [1.165, 1.54) is 121 Å². The molecule has 2 nitrogen and oxygen atoms in total. The number of allylic oxidation sites excluding steroid dienone is 6. The molecule has 0 bridgehead atoms. The minimum absolute atomic E-state index is 0.751. The Bertz CT molecular complexity index is 923. The van der Waals surface area contributed by atoms with E-state index < -0.39 is 0 Å². The summed E-state index contributed by atoms with van der Waals surface area (Å²) in [7, 11) is 0. The highest BCUT2D eigenvalue weighted by atomic mass is 32.2. The molecular formula is C43H80N2S. The number of thioether (sulfide) groups is 1. The van der Waals surface area contributed by atoms with E-state index in [4.69, 9.17) is 0 Å². The molecule has 1 saturated carbocycles. The number of nitrogens with zero attached hydrogens (tertiary/aromatic N) is 1. The van der Waals surface area contributed by atoms with Gasteiger partial charge in [-0.2, -0.15) is 0 Å². The minimum atomic E-state index is 0.751. The van der Waals surface area contributed by atoms with E-state index in [1.807, 2.05) is 33.3 Å². The van der Waals surface area contributed by atoms with Crippen molar-refractivity contribution in [3.8, 4) is 0 Å². The van der Waals surface area contributed by atoms with Crippen LogP contribution in [-0.4, -0.2) is 23.7 Å². The summed E-state index contributed by atoms with van der Waals surface area (Å²) < 4.78 is 0. The molecule has 1 aliphatic heterocycles. The number of hydrogen-bond acceptors (Lipinski definition) is 3. The molecule has 2 N–H and O–H groups in total. The first-order chi connectivity index (χ1) is 22.3. The van der Waals surface area contributed by atoms with Crippen LogP contribution in [0.4, 0.5) is 0 Å². The zero-order chi connectivity index (χ0) is 34.9. The van der Waals surface area contributed by atoms with Crippen LogP contribution in [0, 0.1) is 23.7 Å². The Morgan fingerprint density at radius 1 is 0.935 bits per heavy atom. The van der Waals surface area contributed by atoms with E-state index >= 15 is 0 Å². The molecule has 268 valence electrons. The maximum absolute atomic E-state index is 4.61. The molecule has 0 radical (unpaired) electrons. The van der Waals surface area contributed by atoms with Crippen molar-refractivity contribution >= 4 is 11.8 Å². The lowest BCUT2D eigenvalue weighted by atomic mass is 9.70. The summed E-state index contributed by atoms with van der Waals surface area (Å²) in [6.07, 6.45) is 26.8. The molecule has 0 amide bonds. The molecule has 0 aromatic rings. The van der Waals surface area contributed by atoms with Gasteiger partial charge in [-0.05, 0) is 122 Å².